The molecule has 0 spiro atoms. The largest absolute Gasteiger partial charge is 0.308 e. The zero-order chi connectivity index (χ0) is 13.2. The average molecular weight is 279 g/mol. The first-order chi connectivity index (χ1) is 9.24. The minimum Gasteiger partial charge on any atom is -0.308 e. The first-order valence-corrected chi connectivity index (χ1v) is 7.84. The molecule has 2 nitrogen and oxygen atoms in total. The van der Waals surface area contributed by atoms with E-state index < -0.39 is 0 Å². The van der Waals surface area contributed by atoms with Gasteiger partial charge in [-0.25, -0.2) is 0 Å². The predicted octanol–water partition coefficient (Wildman–Crippen LogP) is 3.36. The van der Waals surface area contributed by atoms with E-state index in [9.17, 15) is 0 Å². The van der Waals surface area contributed by atoms with Gasteiger partial charge in [-0.2, -0.15) is 0 Å². The number of rotatable bonds is 3. The minimum atomic E-state index is 0.667. The van der Waals surface area contributed by atoms with E-state index in [-0.39, 0.29) is 0 Å². The van der Waals surface area contributed by atoms with Crippen LogP contribution in [0.15, 0.2) is 18.2 Å². The van der Waals surface area contributed by atoms with Gasteiger partial charge in [0.15, 0.2) is 0 Å². The SMILES string of the molecule is Cc1ccc(CNC2CCN3CCCCC23)cc1Cl. The standard InChI is InChI=1S/C16H23ClN2/c1-12-5-6-13(10-14(12)17)11-18-15-7-9-19-8-3-2-4-16(15)19/h5-6,10,15-16,18H,2-4,7-9,11H2,1H3. The third kappa shape index (κ3) is 2.96. The highest BCUT2D eigenvalue weighted by Gasteiger charge is 2.34. The fraction of sp³-hybridized carbons (Fsp3) is 0.625. The number of nitrogens with zero attached hydrogens (tertiary/aromatic N) is 1. The monoisotopic (exact) mass is 278 g/mol. The maximum absolute atomic E-state index is 6.18. The Hall–Kier alpha value is -0.570. The van der Waals surface area contributed by atoms with E-state index >= 15 is 0 Å². The van der Waals surface area contributed by atoms with Crippen LogP contribution in [0.5, 0.6) is 0 Å². The van der Waals surface area contributed by atoms with Gasteiger partial charge in [0.1, 0.15) is 0 Å². The van der Waals surface area contributed by atoms with Gasteiger partial charge in [-0.05, 0) is 49.9 Å². The second kappa shape index (κ2) is 5.82. The van der Waals surface area contributed by atoms with Crippen LogP contribution in [-0.4, -0.2) is 30.1 Å². The van der Waals surface area contributed by atoms with Crippen LogP contribution in [0.25, 0.3) is 0 Å². The molecule has 2 saturated heterocycles. The molecule has 104 valence electrons. The molecule has 19 heavy (non-hydrogen) atoms. The van der Waals surface area contributed by atoms with E-state index in [0.29, 0.717) is 6.04 Å². The molecule has 2 heterocycles. The van der Waals surface area contributed by atoms with Crippen molar-refractivity contribution in [2.24, 2.45) is 0 Å². The number of nitrogens with one attached hydrogen (secondary N) is 1. The van der Waals surface area contributed by atoms with Gasteiger partial charge in [0.2, 0.25) is 0 Å². The van der Waals surface area contributed by atoms with Crippen LogP contribution >= 0.6 is 11.6 Å². The first kappa shape index (κ1) is 13.4. The summed E-state index contributed by atoms with van der Waals surface area (Å²) < 4.78 is 0. The van der Waals surface area contributed by atoms with Gasteiger partial charge in [-0.15, -0.1) is 0 Å². The molecule has 0 bridgehead atoms. The predicted molar refractivity (Wildman–Crippen MR) is 80.6 cm³/mol. The van der Waals surface area contributed by atoms with E-state index in [1.54, 1.807) is 0 Å². The Morgan fingerprint density at radius 2 is 2.16 bits per heavy atom. The quantitative estimate of drug-likeness (QED) is 0.912. The van der Waals surface area contributed by atoms with Gasteiger partial charge in [0.05, 0.1) is 0 Å². The third-order valence-electron chi connectivity index (χ3n) is 4.66. The summed E-state index contributed by atoms with van der Waals surface area (Å²) in [6, 6.07) is 7.83. The summed E-state index contributed by atoms with van der Waals surface area (Å²) in [5, 5.41) is 4.62. The van der Waals surface area contributed by atoms with Crippen molar-refractivity contribution in [1.82, 2.24) is 10.2 Å². The molecule has 3 rings (SSSR count). The summed E-state index contributed by atoms with van der Waals surface area (Å²) in [6.45, 7) is 5.57. The van der Waals surface area contributed by atoms with Gasteiger partial charge >= 0.3 is 0 Å². The first-order valence-electron chi connectivity index (χ1n) is 7.46. The van der Waals surface area contributed by atoms with Crippen molar-refractivity contribution >= 4 is 11.6 Å². The lowest BCUT2D eigenvalue weighted by Gasteiger charge is -2.32. The average Bonchev–Trinajstić information content (AvgIpc) is 2.83. The van der Waals surface area contributed by atoms with Crippen LogP contribution in [0.4, 0.5) is 0 Å². The van der Waals surface area contributed by atoms with Crippen LogP contribution in [-0.2, 0) is 6.54 Å². The van der Waals surface area contributed by atoms with E-state index in [0.717, 1.165) is 23.2 Å². The van der Waals surface area contributed by atoms with E-state index in [4.69, 9.17) is 11.6 Å². The molecule has 2 unspecified atom stereocenters. The Balaban J connectivity index is 1.58. The zero-order valence-corrected chi connectivity index (χ0v) is 12.4. The Bertz CT molecular complexity index is 446. The van der Waals surface area contributed by atoms with Crippen LogP contribution in [0.3, 0.4) is 0 Å². The van der Waals surface area contributed by atoms with Crippen molar-refractivity contribution in [3.05, 3.63) is 34.3 Å². The lowest BCUT2D eigenvalue weighted by atomic mass is 9.99. The summed E-state index contributed by atoms with van der Waals surface area (Å²) in [6.07, 6.45) is 5.45. The molecule has 2 fully saturated rings. The smallest absolute Gasteiger partial charge is 0.0438 e. The molecule has 0 amide bonds. The third-order valence-corrected chi connectivity index (χ3v) is 5.07. The highest BCUT2D eigenvalue weighted by atomic mass is 35.5. The zero-order valence-electron chi connectivity index (χ0n) is 11.7. The second-order valence-corrected chi connectivity index (χ2v) is 6.37. The van der Waals surface area contributed by atoms with Crippen molar-refractivity contribution in [1.29, 1.82) is 0 Å². The number of aryl methyl sites for hydroxylation is 1. The van der Waals surface area contributed by atoms with Crippen molar-refractivity contribution in [2.45, 2.75) is 51.2 Å². The maximum Gasteiger partial charge on any atom is 0.0438 e. The van der Waals surface area contributed by atoms with Gasteiger partial charge < -0.3 is 5.32 Å². The van der Waals surface area contributed by atoms with Crippen molar-refractivity contribution in [2.75, 3.05) is 13.1 Å². The summed E-state index contributed by atoms with van der Waals surface area (Å²) in [4.78, 5) is 2.67. The lowest BCUT2D eigenvalue weighted by Crippen LogP contribution is -2.44. The number of fused-ring (bicyclic) bond motifs is 1. The van der Waals surface area contributed by atoms with Gasteiger partial charge in [0, 0.05) is 30.2 Å². The van der Waals surface area contributed by atoms with E-state index in [1.165, 1.54) is 44.3 Å². The lowest BCUT2D eigenvalue weighted by molar-refractivity contribution is 0.180. The topological polar surface area (TPSA) is 15.3 Å². The van der Waals surface area contributed by atoms with Crippen LogP contribution in [0.1, 0.15) is 36.8 Å². The number of halogens is 1. The molecule has 2 aliphatic rings. The number of hydrogen-bond acceptors (Lipinski definition) is 2. The van der Waals surface area contributed by atoms with Crippen molar-refractivity contribution in [3.63, 3.8) is 0 Å². The number of piperidine rings is 1. The fourth-order valence-electron chi connectivity index (χ4n) is 3.48. The Morgan fingerprint density at radius 1 is 1.26 bits per heavy atom. The minimum absolute atomic E-state index is 0.667. The Morgan fingerprint density at radius 3 is 3.00 bits per heavy atom. The number of benzene rings is 1. The summed E-state index contributed by atoms with van der Waals surface area (Å²) >= 11 is 6.18. The molecular weight excluding hydrogens is 256 g/mol. The summed E-state index contributed by atoms with van der Waals surface area (Å²) in [7, 11) is 0. The van der Waals surface area contributed by atoms with Crippen LogP contribution in [0.2, 0.25) is 5.02 Å². The second-order valence-electron chi connectivity index (χ2n) is 5.96. The molecule has 0 radical (unpaired) electrons. The van der Waals surface area contributed by atoms with Crippen LogP contribution in [0, 0.1) is 6.92 Å². The molecule has 0 aliphatic carbocycles. The maximum atomic E-state index is 6.18. The van der Waals surface area contributed by atoms with Gasteiger partial charge in [0.25, 0.3) is 0 Å². The Labute approximate surface area is 121 Å². The Kier molecular flexibility index (Phi) is 4.11. The van der Waals surface area contributed by atoms with E-state index in [1.807, 2.05) is 0 Å². The molecule has 0 aromatic heterocycles. The molecule has 3 heteroatoms. The van der Waals surface area contributed by atoms with Gasteiger partial charge in [-0.1, -0.05) is 30.2 Å². The number of hydrogen-bond donors (Lipinski definition) is 1. The summed E-state index contributed by atoms with van der Waals surface area (Å²) in [5.41, 5.74) is 2.45. The molecule has 2 atom stereocenters. The highest BCUT2D eigenvalue weighted by Crippen LogP contribution is 2.27. The molecule has 0 saturated carbocycles. The van der Waals surface area contributed by atoms with Crippen molar-refractivity contribution < 1.29 is 0 Å². The van der Waals surface area contributed by atoms with Crippen LogP contribution < -0.4 is 5.32 Å². The molecule has 2 aliphatic heterocycles. The molecular formula is C16H23ClN2. The fourth-order valence-corrected chi connectivity index (χ4v) is 3.68. The highest BCUT2D eigenvalue weighted by molar-refractivity contribution is 6.31. The van der Waals surface area contributed by atoms with E-state index in [2.05, 4.69) is 35.3 Å². The normalized spacial score (nSPS) is 27.5. The van der Waals surface area contributed by atoms with Gasteiger partial charge in [-0.3, -0.25) is 4.90 Å². The van der Waals surface area contributed by atoms with Crippen molar-refractivity contribution in [3.8, 4) is 0 Å². The summed E-state index contributed by atoms with van der Waals surface area (Å²) in [5.74, 6) is 0. The molecule has 1 N–H and O–H groups in total. The molecule has 1 aromatic rings. The molecule has 1 aromatic carbocycles.